The number of likely N-dealkylation sites (tertiary alicyclic amines) is 1. The molecule has 1 aromatic heterocycles. The largest absolute Gasteiger partial charge is 0.347 e. The summed E-state index contributed by atoms with van der Waals surface area (Å²) in [6, 6.07) is 3.80. The van der Waals surface area contributed by atoms with Crippen LogP contribution in [0.2, 0.25) is 0 Å². The Bertz CT molecular complexity index is 379. The monoisotopic (exact) mass is 283 g/mol. The maximum Gasteiger partial charge on any atom is 0.270 e. The molecule has 16 heavy (non-hydrogen) atoms. The molecule has 4 nitrogen and oxygen atoms in total. The minimum Gasteiger partial charge on any atom is -0.347 e. The number of carbonyl (C=O) groups is 1. The van der Waals surface area contributed by atoms with E-state index in [1.54, 1.807) is 12.3 Å². The van der Waals surface area contributed by atoms with Crippen molar-refractivity contribution in [1.82, 2.24) is 15.2 Å². The molecule has 2 heterocycles. The number of rotatable bonds is 2. The van der Waals surface area contributed by atoms with Gasteiger partial charge in [0.05, 0.1) is 0 Å². The van der Waals surface area contributed by atoms with Gasteiger partial charge in [-0.05, 0) is 48.1 Å². The van der Waals surface area contributed by atoms with Gasteiger partial charge in [-0.25, -0.2) is 4.98 Å². The highest BCUT2D eigenvalue weighted by molar-refractivity contribution is 9.10. The molecule has 1 aliphatic rings. The second-order valence-corrected chi connectivity index (χ2v) is 5.00. The van der Waals surface area contributed by atoms with Crippen molar-refractivity contribution in [3.05, 3.63) is 28.5 Å². The molecule has 1 saturated heterocycles. The standard InChI is InChI=1S/C11H14BrN3O/c1-15-5-4-9(7-15)14-11(16)10-3-2-8(12)6-13-10/h2-3,6,9H,4-5,7H2,1H3,(H,14,16). The fraction of sp³-hybridized carbons (Fsp3) is 0.455. The number of likely N-dealkylation sites (N-methyl/N-ethyl adjacent to an activating group) is 1. The molecule has 0 bridgehead atoms. The van der Waals surface area contributed by atoms with Gasteiger partial charge in [-0.2, -0.15) is 0 Å². The zero-order chi connectivity index (χ0) is 11.5. The van der Waals surface area contributed by atoms with Crippen LogP contribution in [0.3, 0.4) is 0 Å². The van der Waals surface area contributed by atoms with Crippen molar-refractivity contribution < 1.29 is 4.79 Å². The fourth-order valence-electron chi connectivity index (χ4n) is 1.82. The lowest BCUT2D eigenvalue weighted by Crippen LogP contribution is -2.36. The van der Waals surface area contributed by atoms with Crippen LogP contribution in [0.15, 0.2) is 22.8 Å². The molecule has 0 radical (unpaired) electrons. The first-order valence-electron chi connectivity index (χ1n) is 5.26. The van der Waals surface area contributed by atoms with E-state index in [-0.39, 0.29) is 11.9 Å². The number of nitrogens with one attached hydrogen (secondary N) is 1. The second kappa shape index (κ2) is 4.93. The lowest BCUT2D eigenvalue weighted by molar-refractivity contribution is 0.0933. The Labute approximate surface area is 103 Å². The zero-order valence-electron chi connectivity index (χ0n) is 9.11. The molecule has 1 aliphatic heterocycles. The van der Waals surface area contributed by atoms with Gasteiger partial charge in [0.1, 0.15) is 5.69 Å². The Kier molecular flexibility index (Phi) is 3.56. The van der Waals surface area contributed by atoms with Gasteiger partial charge in [0, 0.05) is 23.3 Å². The van der Waals surface area contributed by atoms with E-state index < -0.39 is 0 Å². The van der Waals surface area contributed by atoms with E-state index in [4.69, 9.17) is 0 Å². The zero-order valence-corrected chi connectivity index (χ0v) is 10.7. The van der Waals surface area contributed by atoms with E-state index in [0.29, 0.717) is 5.69 Å². The lowest BCUT2D eigenvalue weighted by Gasteiger charge is -2.12. The molecule has 0 saturated carbocycles. The number of carbonyl (C=O) groups excluding carboxylic acids is 1. The molecular weight excluding hydrogens is 270 g/mol. The number of hydrogen-bond donors (Lipinski definition) is 1. The highest BCUT2D eigenvalue weighted by Crippen LogP contribution is 2.09. The summed E-state index contributed by atoms with van der Waals surface area (Å²) in [4.78, 5) is 18.1. The Morgan fingerprint density at radius 2 is 2.44 bits per heavy atom. The highest BCUT2D eigenvalue weighted by Gasteiger charge is 2.21. The summed E-state index contributed by atoms with van der Waals surface area (Å²) < 4.78 is 0.879. The average Bonchev–Trinajstić information content (AvgIpc) is 2.65. The van der Waals surface area contributed by atoms with Crippen molar-refractivity contribution in [2.75, 3.05) is 20.1 Å². The van der Waals surface area contributed by atoms with Crippen molar-refractivity contribution in [3.63, 3.8) is 0 Å². The SMILES string of the molecule is CN1CCC(NC(=O)c2ccc(Br)cn2)C1. The van der Waals surface area contributed by atoms with E-state index in [9.17, 15) is 4.79 Å². The van der Waals surface area contributed by atoms with E-state index in [2.05, 4.69) is 38.2 Å². The van der Waals surface area contributed by atoms with Gasteiger partial charge in [-0.1, -0.05) is 0 Å². The third-order valence-corrected chi connectivity index (χ3v) is 3.16. The maximum atomic E-state index is 11.8. The molecule has 0 aliphatic carbocycles. The van der Waals surface area contributed by atoms with Crippen LogP contribution >= 0.6 is 15.9 Å². The van der Waals surface area contributed by atoms with Crippen LogP contribution in [0.4, 0.5) is 0 Å². The van der Waals surface area contributed by atoms with Crippen molar-refractivity contribution in [3.8, 4) is 0 Å². The number of hydrogen-bond acceptors (Lipinski definition) is 3. The van der Waals surface area contributed by atoms with Crippen LogP contribution in [0, 0.1) is 0 Å². The molecule has 1 atom stereocenters. The van der Waals surface area contributed by atoms with Crippen molar-refractivity contribution in [2.24, 2.45) is 0 Å². The predicted octanol–water partition coefficient (Wildman–Crippen LogP) is 1.28. The van der Waals surface area contributed by atoms with E-state index in [1.165, 1.54) is 0 Å². The van der Waals surface area contributed by atoms with Gasteiger partial charge in [0.2, 0.25) is 0 Å². The molecular formula is C11H14BrN3O. The molecule has 2 rings (SSSR count). The first-order chi connectivity index (χ1) is 7.65. The molecule has 86 valence electrons. The lowest BCUT2D eigenvalue weighted by atomic mass is 10.2. The van der Waals surface area contributed by atoms with Gasteiger partial charge in [0.15, 0.2) is 0 Å². The van der Waals surface area contributed by atoms with E-state index >= 15 is 0 Å². The maximum absolute atomic E-state index is 11.8. The first kappa shape index (κ1) is 11.5. The Hall–Kier alpha value is -0.940. The van der Waals surface area contributed by atoms with Gasteiger partial charge in [0.25, 0.3) is 5.91 Å². The molecule has 5 heteroatoms. The summed E-state index contributed by atoms with van der Waals surface area (Å²) in [6.07, 6.45) is 2.65. The summed E-state index contributed by atoms with van der Waals surface area (Å²) >= 11 is 3.29. The minimum atomic E-state index is -0.0900. The van der Waals surface area contributed by atoms with Gasteiger partial charge in [-0.15, -0.1) is 0 Å². The van der Waals surface area contributed by atoms with Crippen molar-refractivity contribution in [2.45, 2.75) is 12.5 Å². The molecule has 1 amide bonds. The molecule has 1 fully saturated rings. The second-order valence-electron chi connectivity index (χ2n) is 4.08. The number of nitrogens with zero attached hydrogens (tertiary/aromatic N) is 2. The molecule has 0 spiro atoms. The summed E-state index contributed by atoms with van der Waals surface area (Å²) in [5.41, 5.74) is 0.470. The number of pyridine rings is 1. The molecule has 0 aromatic carbocycles. The van der Waals surface area contributed by atoms with Crippen LogP contribution in [-0.4, -0.2) is 42.0 Å². The number of halogens is 1. The van der Waals surface area contributed by atoms with Gasteiger partial charge < -0.3 is 10.2 Å². The highest BCUT2D eigenvalue weighted by atomic mass is 79.9. The van der Waals surface area contributed by atoms with Crippen molar-refractivity contribution >= 4 is 21.8 Å². The summed E-state index contributed by atoms with van der Waals surface area (Å²) in [5, 5.41) is 2.99. The Morgan fingerprint density at radius 3 is 3.00 bits per heavy atom. The Morgan fingerprint density at radius 1 is 1.62 bits per heavy atom. The molecule has 1 unspecified atom stereocenters. The summed E-state index contributed by atoms with van der Waals surface area (Å²) in [7, 11) is 2.06. The smallest absolute Gasteiger partial charge is 0.270 e. The quantitative estimate of drug-likeness (QED) is 0.889. The van der Waals surface area contributed by atoms with Crippen molar-refractivity contribution in [1.29, 1.82) is 0 Å². The summed E-state index contributed by atoms with van der Waals surface area (Å²) in [6.45, 7) is 1.96. The van der Waals surface area contributed by atoms with Crippen LogP contribution < -0.4 is 5.32 Å². The molecule has 1 aromatic rings. The fourth-order valence-corrected chi connectivity index (χ4v) is 2.06. The van der Waals surface area contributed by atoms with Crippen LogP contribution in [0.5, 0.6) is 0 Å². The molecule has 1 N–H and O–H groups in total. The minimum absolute atomic E-state index is 0.0900. The first-order valence-corrected chi connectivity index (χ1v) is 6.05. The van der Waals surface area contributed by atoms with Crippen LogP contribution in [0.1, 0.15) is 16.9 Å². The van der Waals surface area contributed by atoms with E-state index in [0.717, 1.165) is 24.0 Å². The number of amides is 1. The van der Waals surface area contributed by atoms with Crippen LogP contribution in [-0.2, 0) is 0 Å². The van der Waals surface area contributed by atoms with Gasteiger partial charge in [-0.3, -0.25) is 4.79 Å². The summed E-state index contributed by atoms with van der Waals surface area (Å²) in [5.74, 6) is -0.0900. The van der Waals surface area contributed by atoms with Gasteiger partial charge >= 0.3 is 0 Å². The predicted molar refractivity (Wildman–Crippen MR) is 65.3 cm³/mol. The topological polar surface area (TPSA) is 45.2 Å². The average molecular weight is 284 g/mol. The normalized spacial score (nSPS) is 21.0. The number of aromatic nitrogens is 1. The third-order valence-electron chi connectivity index (χ3n) is 2.69. The third kappa shape index (κ3) is 2.80. The van der Waals surface area contributed by atoms with E-state index in [1.807, 2.05) is 6.07 Å². The van der Waals surface area contributed by atoms with Crippen LogP contribution in [0.25, 0.3) is 0 Å². The Balaban J connectivity index is 1.95.